The number of rotatable bonds is 1. The maximum absolute atomic E-state index is 9.61. The van der Waals surface area contributed by atoms with Gasteiger partial charge < -0.3 is 14.6 Å². The van der Waals surface area contributed by atoms with E-state index in [2.05, 4.69) is 5.92 Å². The van der Waals surface area contributed by atoms with Gasteiger partial charge in [-0.3, -0.25) is 0 Å². The normalized spacial score (nSPS) is 42.2. The van der Waals surface area contributed by atoms with Gasteiger partial charge >= 0.3 is 0 Å². The van der Waals surface area contributed by atoms with Crippen LogP contribution in [0.1, 0.15) is 6.92 Å². The van der Waals surface area contributed by atoms with E-state index in [-0.39, 0.29) is 12.0 Å². The van der Waals surface area contributed by atoms with E-state index in [1.54, 1.807) is 7.11 Å². The lowest BCUT2D eigenvalue weighted by atomic mass is 9.94. The molecule has 0 amide bonds. The smallest absolute Gasteiger partial charge is 0.146 e. The largest absolute Gasteiger partial charge is 0.387 e. The van der Waals surface area contributed by atoms with Crippen molar-refractivity contribution in [2.45, 2.75) is 25.2 Å². The van der Waals surface area contributed by atoms with Gasteiger partial charge in [-0.25, -0.2) is 0 Å². The third kappa shape index (κ3) is 1.61. The molecule has 3 nitrogen and oxygen atoms in total. The van der Waals surface area contributed by atoms with Crippen LogP contribution in [-0.2, 0) is 9.47 Å². The highest BCUT2D eigenvalue weighted by Crippen LogP contribution is 2.21. The van der Waals surface area contributed by atoms with Crippen molar-refractivity contribution in [2.75, 3.05) is 13.7 Å². The van der Waals surface area contributed by atoms with E-state index in [1.165, 1.54) is 0 Å². The van der Waals surface area contributed by atoms with E-state index in [9.17, 15) is 5.11 Å². The third-order valence-electron chi connectivity index (χ3n) is 2.18. The minimum atomic E-state index is -0.705. The van der Waals surface area contributed by atoms with Crippen LogP contribution in [0.4, 0.5) is 0 Å². The van der Waals surface area contributed by atoms with Crippen LogP contribution in [0.2, 0.25) is 0 Å². The van der Waals surface area contributed by atoms with Crippen LogP contribution in [0, 0.1) is 18.3 Å². The SMILES string of the molecule is C#CC1OCC(C)C(OC)C1O. The van der Waals surface area contributed by atoms with Crippen molar-refractivity contribution in [2.24, 2.45) is 5.92 Å². The topological polar surface area (TPSA) is 38.7 Å². The monoisotopic (exact) mass is 170 g/mol. The zero-order valence-corrected chi connectivity index (χ0v) is 7.36. The van der Waals surface area contributed by atoms with E-state index in [0.717, 1.165) is 0 Å². The molecule has 1 fully saturated rings. The fourth-order valence-corrected chi connectivity index (χ4v) is 1.48. The lowest BCUT2D eigenvalue weighted by Gasteiger charge is -2.35. The lowest BCUT2D eigenvalue weighted by Crippen LogP contribution is -2.49. The van der Waals surface area contributed by atoms with E-state index < -0.39 is 12.2 Å². The Morgan fingerprint density at radius 1 is 1.67 bits per heavy atom. The van der Waals surface area contributed by atoms with Gasteiger partial charge in [-0.05, 0) is 0 Å². The molecule has 12 heavy (non-hydrogen) atoms. The molecule has 0 aromatic rings. The zero-order valence-electron chi connectivity index (χ0n) is 7.36. The summed E-state index contributed by atoms with van der Waals surface area (Å²) < 4.78 is 10.3. The highest BCUT2D eigenvalue weighted by molar-refractivity contribution is 5.03. The molecule has 3 heteroatoms. The molecule has 1 aliphatic heterocycles. The number of aliphatic hydroxyl groups is 1. The van der Waals surface area contributed by atoms with Gasteiger partial charge in [0.1, 0.15) is 12.2 Å². The summed E-state index contributed by atoms with van der Waals surface area (Å²) in [4.78, 5) is 0. The van der Waals surface area contributed by atoms with Crippen LogP contribution in [0.15, 0.2) is 0 Å². The number of terminal acetylenes is 1. The second-order valence-electron chi connectivity index (χ2n) is 3.09. The van der Waals surface area contributed by atoms with E-state index in [0.29, 0.717) is 6.61 Å². The molecule has 0 aliphatic carbocycles. The van der Waals surface area contributed by atoms with Crippen molar-refractivity contribution in [3.8, 4) is 12.3 Å². The Bertz CT molecular complexity index is 185. The maximum atomic E-state index is 9.61. The summed E-state index contributed by atoms with van der Waals surface area (Å²) >= 11 is 0. The molecule has 0 saturated carbocycles. The summed E-state index contributed by atoms with van der Waals surface area (Å²) in [6.45, 7) is 2.51. The Labute approximate surface area is 72.7 Å². The average Bonchev–Trinajstić information content (AvgIpc) is 2.06. The first-order valence-corrected chi connectivity index (χ1v) is 3.99. The number of aliphatic hydroxyl groups excluding tert-OH is 1. The first kappa shape index (κ1) is 9.53. The minimum absolute atomic E-state index is 0.189. The first-order chi connectivity index (χ1) is 5.70. The Balaban J connectivity index is 2.64. The lowest BCUT2D eigenvalue weighted by molar-refractivity contribution is -0.152. The molecular weight excluding hydrogens is 156 g/mol. The molecule has 1 rings (SSSR count). The van der Waals surface area contributed by atoms with E-state index >= 15 is 0 Å². The Hall–Kier alpha value is -0.560. The second kappa shape index (κ2) is 3.90. The number of hydrogen-bond acceptors (Lipinski definition) is 3. The van der Waals surface area contributed by atoms with Crippen molar-refractivity contribution in [1.82, 2.24) is 0 Å². The summed E-state index contributed by atoms with van der Waals surface area (Å²) in [6.07, 6.45) is 3.73. The molecule has 0 bridgehead atoms. The molecule has 4 atom stereocenters. The Kier molecular flexibility index (Phi) is 3.10. The van der Waals surface area contributed by atoms with Gasteiger partial charge in [0.15, 0.2) is 0 Å². The predicted molar refractivity (Wildman–Crippen MR) is 44.5 cm³/mol. The summed E-state index contributed by atoms with van der Waals surface area (Å²) in [5.41, 5.74) is 0. The van der Waals surface area contributed by atoms with Crippen molar-refractivity contribution in [3.05, 3.63) is 0 Å². The van der Waals surface area contributed by atoms with Gasteiger partial charge in [0, 0.05) is 13.0 Å². The second-order valence-corrected chi connectivity index (χ2v) is 3.09. The quantitative estimate of drug-likeness (QED) is 0.564. The molecule has 1 heterocycles. The summed E-state index contributed by atoms with van der Waals surface area (Å²) in [7, 11) is 1.57. The molecule has 68 valence electrons. The highest BCUT2D eigenvalue weighted by Gasteiger charge is 2.36. The molecule has 0 radical (unpaired) electrons. The number of ether oxygens (including phenoxy) is 2. The maximum Gasteiger partial charge on any atom is 0.146 e. The predicted octanol–water partition coefficient (Wildman–Crippen LogP) is 0.0304. The molecule has 1 aliphatic rings. The van der Waals surface area contributed by atoms with Crippen molar-refractivity contribution in [1.29, 1.82) is 0 Å². The van der Waals surface area contributed by atoms with Gasteiger partial charge in [-0.1, -0.05) is 12.8 Å². The molecule has 0 aromatic heterocycles. The molecule has 1 N–H and O–H groups in total. The highest BCUT2D eigenvalue weighted by atomic mass is 16.5. The minimum Gasteiger partial charge on any atom is -0.387 e. The van der Waals surface area contributed by atoms with E-state index in [4.69, 9.17) is 15.9 Å². The molecule has 1 saturated heterocycles. The van der Waals surface area contributed by atoms with Crippen LogP contribution >= 0.6 is 0 Å². The standard InChI is InChI=1S/C9H14O3/c1-4-7-8(10)9(11-3)6(2)5-12-7/h1,6-10H,5H2,2-3H3. The van der Waals surface area contributed by atoms with Gasteiger partial charge in [0.05, 0.1) is 12.7 Å². The fourth-order valence-electron chi connectivity index (χ4n) is 1.48. The Morgan fingerprint density at radius 2 is 2.33 bits per heavy atom. The fraction of sp³-hybridized carbons (Fsp3) is 0.778. The van der Waals surface area contributed by atoms with Gasteiger partial charge in [0.25, 0.3) is 0 Å². The molecule has 0 aromatic carbocycles. The average molecular weight is 170 g/mol. The number of hydrogen-bond donors (Lipinski definition) is 1. The van der Waals surface area contributed by atoms with Crippen molar-refractivity contribution in [3.63, 3.8) is 0 Å². The van der Waals surface area contributed by atoms with E-state index in [1.807, 2.05) is 6.92 Å². The summed E-state index contributed by atoms with van der Waals surface area (Å²) in [5.74, 6) is 2.58. The number of methoxy groups -OCH3 is 1. The van der Waals surface area contributed by atoms with Gasteiger partial charge in [-0.2, -0.15) is 0 Å². The van der Waals surface area contributed by atoms with Crippen LogP contribution in [-0.4, -0.2) is 37.1 Å². The Morgan fingerprint density at radius 3 is 2.83 bits per heavy atom. The van der Waals surface area contributed by atoms with Crippen molar-refractivity contribution >= 4 is 0 Å². The molecular formula is C9H14O3. The van der Waals surface area contributed by atoms with Crippen molar-refractivity contribution < 1.29 is 14.6 Å². The van der Waals surface area contributed by atoms with Crippen LogP contribution in [0.5, 0.6) is 0 Å². The third-order valence-corrected chi connectivity index (χ3v) is 2.18. The van der Waals surface area contributed by atoms with Crippen LogP contribution in [0.3, 0.4) is 0 Å². The van der Waals surface area contributed by atoms with Gasteiger partial charge in [0.2, 0.25) is 0 Å². The first-order valence-electron chi connectivity index (χ1n) is 3.99. The zero-order chi connectivity index (χ0) is 9.14. The summed E-state index contributed by atoms with van der Waals surface area (Å²) in [6, 6.07) is 0. The summed E-state index contributed by atoms with van der Waals surface area (Å²) in [5, 5.41) is 9.61. The van der Waals surface area contributed by atoms with Crippen LogP contribution in [0.25, 0.3) is 0 Å². The molecule has 0 spiro atoms. The van der Waals surface area contributed by atoms with Gasteiger partial charge in [-0.15, -0.1) is 6.42 Å². The molecule has 4 unspecified atom stereocenters. The van der Waals surface area contributed by atoms with Crippen LogP contribution < -0.4 is 0 Å².